The van der Waals surface area contributed by atoms with Gasteiger partial charge in [-0.05, 0) is 36.7 Å². The molecular weight excluding hydrogens is 354 g/mol. The topological polar surface area (TPSA) is 35.5 Å². The van der Waals surface area contributed by atoms with Crippen LogP contribution >= 0.6 is 7.60 Å². The second-order valence-corrected chi connectivity index (χ2v) is 11.2. The zero-order valence-electron chi connectivity index (χ0n) is 14.9. The summed E-state index contributed by atoms with van der Waals surface area (Å²) in [4.78, 5) is 0. The van der Waals surface area contributed by atoms with Crippen molar-refractivity contribution in [1.29, 1.82) is 0 Å². The molecule has 0 spiro atoms. The van der Waals surface area contributed by atoms with E-state index in [1.54, 1.807) is 13.8 Å². The van der Waals surface area contributed by atoms with Crippen LogP contribution < -0.4 is 10.4 Å². The summed E-state index contributed by atoms with van der Waals surface area (Å²) in [5.74, 6) is 0. The summed E-state index contributed by atoms with van der Waals surface area (Å²) in [6, 6.07) is 19.0. The Labute approximate surface area is 150 Å². The standard InChI is InChI=1S/C19H26FO3PSi/c1-3-22-24(21,23-4-2)16-11-17-25(20,18-12-7-5-8-13-18)19-14-9-6-10-15-19/h5-10,12-15H,3-4,11,16-17H2,1-2H3. The molecule has 0 saturated carbocycles. The van der Waals surface area contributed by atoms with Crippen LogP contribution in [0.3, 0.4) is 0 Å². The Hall–Kier alpha value is -1.26. The Morgan fingerprint density at radius 2 is 1.32 bits per heavy atom. The fraction of sp³-hybridized carbons (Fsp3) is 0.368. The highest BCUT2D eigenvalue weighted by Crippen LogP contribution is 2.49. The van der Waals surface area contributed by atoms with Gasteiger partial charge in [-0.15, -0.1) is 0 Å². The first kappa shape index (κ1) is 20.1. The number of benzene rings is 2. The molecule has 0 bridgehead atoms. The maximum Gasteiger partial charge on any atom is 0.330 e. The molecule has 2 rings (SSSR count). The smallest absolute Gasteiger partial charge is 0.309 e. The van der Waals surface area contributed by atoms with Crippen molar-refractivity contribution in [3.8, 4) is 0 Å². The molecule has 2 aromatic carbocycles. The van der Waals surface area contributed by atoms with Crippen molar-refractivity contribution in [2.75, 3.05) is 19.4 Å². The molecule has 25 heavy (non-hydrogen) atoms. The molecule has 6 heteroatoms. The normalized spacial score (nSPS) is 12.3. The van der Waals surface area contributed by atoms with Gasteiger partial charge in [-0.2, -0.15) is 0 Å². The number of hydrogen-bond donors (Lipinski definition) is 0. The van der Waals surface area contributed by atoms with Gasteiger partial charge in [-0.1, -0.05) is 60.7 Å². The quantitative estimate of drug-likeness (QED) is 0.349. The van der Waals surface area contributed by atoms with E-state index in [1.807, 2.05) is 60.7 Å². The molecule has 3 nitrogen and oxygen atoms in total. The Bertz CT molecular complexity index is 632. The van der Waals surface area contributed by atoms with Crippen molar-refractivity contribution >= 4 is 26.4 Å². The Kier molecular flexibility index (Phi) is 7.57. The SMILES string of the molecule is CCOP(=O)(CCC[Si](F)(c1ccccc1)c1ccccc1)OCC. The summed E-state index contributed by atoms with van der Waals surface area (Å²) in [7, 11) is -6.51. The molecule has 0 aliphatic heterocycles. The lowest BCUT2D eigenvalue weighted by atomic mass is 10.4. The summed E-state index contributed by atoms with van der Waals surface area (Å²) in [5.41, 5.74) is 0. The zero-order valence-corrected chi connectivity index (χ0v) is 16.8. The highest BCUT2D eigenvalue weighted by atomic mass is 31.2. The molecule has 0 aliphatic carbocycles. The van der Waals surface area contributed by atoms with Crippen molar-refractivity contribution in [3.05, 3.63) is 60.7 Å². The fourth-order valence-corrected chi connectivity index (χ4v) is 7.91. The number of halogens is 1. The van der Waals surface area contributed by atoms with E-state index in [9.17, 15) is 4.57 Å². The predicted octanol–water partition coefficient (Wildman–Crippen LogP) is 4.37. The first-order valence-corrected chi connectivity index (χ1v) is 12.5. The predicted molar refractivity (Wildman–Crippen MR) is 104 cm³/mol. The molecule has 0 amide bonds. The second-order valence-electron chi connectivity index (χ2n) is 5.81. The maximum atomic E-state index is 16.2. The third kappa shape index (κ3) is 5.35. The molecule has 0 unspecified atom stereocenters. The van der Waals surface area contributed by atoms with Gasteiger partial charge in [0, 0.05) is 0 Å². The molecule has 0 aromatic heterocycles. The van der Waals surface area contributed by atoms with E-state index in [1.165, 1.54) is 0 Å². The third-order valence-electron chi connectivity index (χ3n) is 4.07. The molecule has 0 saturated heterocycles. The molecule has 0 aliphatic rings. The number of hydrogen-bond acceptors (Lipinski definition) is 3. The summed E-state index contributed by atoms with van der Waals surface area (Å²) in [6.45, 7) is 4.22. The minimum absolute atomic E-state index is 0.243. The lowest BCUT2D eigenvalue weighted by molar-refractivity contribution is 0.220. The largest absolute Gasteiger partial charge is 0.330 e. The molecule has 0 heterocycles. The van der Waals surface area contributed by atoms with Gasteiger partial charge in [0.15, 0.2) is 0 Å². The van der Waals surface area contributed by atoms with E-state index in [2.05, 4.69) is 0 Å². The van der Waals surface area contributed by atoms with Crippen molar-refractivity contribution in [2.24, 2.45) is 0 Å². The monoisotopic (exact) mass is 380 g/mol. The Balaban J connectivity index is 2.19. The van der Waals surface area contributed by atoms with Gasteiger partial charge in [-0.3, -0.25) is 4.57 Å². The molecule has 2 aromatic rings. The van der Waals surface area contributed by atoms with E-state index in [0.717, 1.165) is 10.4 Å². The maximum absolute atomic E-state index is 16.2. The molecule has 136 valence electrons. The summed E-state index contributed by atoms with van der Waals surface area (Å²) in [6.07, 6.45) is 0.705. The van der Waals surface area contributed by atoms with E-state index < -0.39 is 16.0 Å². The minimum Gasteiger partial charge on any atom is -0.309 e. The van der Waals surface area contributed by atoms with Crippen molar-refractivity contribution in [3.63, 3.8) is 0 Å². The summed E-state index contributed by atoms with van der Waals surface area (Å²) < 4.78 is 39.4. The van der Waals surface area contributed by atoms with Crippen molar-refractivity contribution in [1.82, 2.24) is 0 Å². The van der Waals surface area contributed by atoms with Gasteiger partial charge in [0.25, 0.3) is 0 Å². The van der Waals surface area contributed by atoms with Gasteiger partial charge in [0.05, 0.1) is 19.4 Å². The van der Waals surface area contributed by atoms with Crippen LogP contribution in [0.1, 0.15) is 20.3 Å². The van der Waals surface area contributed by atoms with Crippen LogP contribution in [0.2, 0.25) is 6.04 Å². The molecule has 0 fully saturated rings. The average molecular weight is 380 g/mol. The first-order chi connectivity index (χ1) is 12.0. The Morgan fingerprint density at radius 3 is 1.72 bits per heavy atom. The third-order valence-corrected chi connectivity index (χ3v) is 9.77. The highest BCUT2D eigenvalue weighted by molar-refractivity contribution is 7.53. The van der Waals surface area contributed by atoms with E-state index in [-0.39, 0.29) is 6.16 Å². The molecule has 0 N–H and O–H groups in total. The highest BCUT2D eigenvalue weighted by Gasteiger charge is 2.39. The van der Waals surface area contributed by atoms with Gasteiger partial charge in [0.1, 0.15) is 0 Å². The van der Waals surface area contributed by atoms with Crippen LogP contribution in [-0.2, 0) is 13.6 Å². The van der Waals surface area contributed by atoms with Crippen LogP contribution in [0.5, 0.6) is 0 Å². The van der Waals surface area contributed by atoms with Crippen molar-refractivity contribution in [2.45, 2.75) is 26.3 Å². The fourth-order valence-electron chi connectivity index (χ4n) is 2.94. The van der Waals surface area contributed by atoms with Crippen LogP contribution in [0.15, 0.2) is 60.7 Å². The van der Waals surface area contributed by atoms with Gasteiger partial charge >= 0.3 is 16.0 Å². The molecular formula is C19H26FO3PSi. The molecule has 0 atom stereocenters. The van der Waals surface area contributed by atoms with E-state index >= 15 is 4.11 Å². The van der Waals surface area contributed by atoms with Gasteiger partial charge in [0.2, 0.25) is 0 Å². The molecule has 0 radical (unpaired) electrons. The minimum atomic E-state index is -3.38. The average Bonchev–Trinajstić information content (AvgIpc) is 2.63. The van der Waals surface area contributed by atoms with Crippen LogP contribution in [-0.4, -0.2) is 27.8 Å². The lowest BCUT2D eigenvalue weighted by Gasteiger charge is -2.24. The number of rotatable bonds is 10. The summed E-state index contributed by atoms with van der Waals surface area (Å²) >= 11 is 0. The van der Waals surface area contributed by atoms with E-state index in [4.69, 9.17) is 9.05 Å². The van der Waals surface area contributed by atoms with Gasteiger partial charge in [-0.25, -0.2) is 0 Å². The summed E-state index contributed by atoms with van der Waals surface area (Å²) in [5, 5.41) is 1.48. The first-order valence-electron chi connectivity index (χ1n) is 8.72. The van der Waals surface area contributed by atoms with Crippen LogP contribution in [0, 0.1) is 0 Å². The lowest BCUT2D eigenvalue weighted by Crippen LogP contribution is -2.54. The van der Waals surface area contributed by atoms with Crippen LogP contribution in [0.25, 0.3) is 0 Å². The van der Waals surface area contributed by atoms with Gasteiger partial charge < -0.3 is 13.2 Å². The second kappa shape index (κ2) is 9.44. The Morgan fingerprint density at radius 1 is 0.880 bits per heavy atom. The van der Waals surface area contributed by atoms with Crippen molar-refractivity contribution < 1.29 is 17.7 Å². The van der Waals surface area contributed by atoms with Crippen LogP contribution in [0.4, 0.5) is 4.11 Å². The van der Waals surface area contributed by atoms with E-state index in [0.29, 0.717) is 25.7 Å². The zero-order chi connectivity index (χ0) is 18.2.